The predicted octanol–water partition coefficient (Wildman–Crippen LogP) is 5.88. The van der Waals surface area contributed by atoms with E-state index in [9.17, 15) is 27.5 Å². The third kappa shape index (κ3) is 7.18. The van der Waals surface area contributed by atoms with E-state index in [4.69, 9.17) is 21.4 Å². The fourth-order valence-electron chi connectivity index (χ4n) is 4.76. The van der Waals surface area contributed by atoms with Crippen molar-refractivity contribution in [1.29, 1.82) is 0 Å². The van der Waals surface area contributed by atoms with Crippen LogP contribution in [0.5, 0.6) is 5.75 Å². The summed E-state index contributed by atoms with van der Waals surface area (Å²) >= 11 is 6.24. The molecule has 0 radical (unpaired) electrons. The SMILES string of the molecule is C/C(=C\c1ccc2c(c1)N(S(=O)(=O)c1cccc(C)c1)C[C@H](CCC(=O)CC[C@H](O)C(=O)O)O2)c1c(F)cccc1Cl. The van der Waals surface area contributed by atoms with Crippen LogP contribution < -0.4 is 9.04 Å². The van der Waals surface area contributed by atoms with Gasteiger partial charge in [-0.15, -0.1) is 0 Å². The number of anilines is 1. The van der Waals surface area contributed by atoms with Crippen LogP contribution in [-0.2, 0) is 19.6 Å². The van der Waals surface area contributed by atoms with Crippen molar-refractivity contribution >= 4 is 50.7 Å². The van der Waals surface area contributed by atoms with Crippen LogP contribution in [0.15, 0.2) is 65.6 Å². The molecule has 2 atom stereocenters. The number of ether oxygens (including phenoxy) is 1. The maximum Gasteiger partial charge on any atom is 0.332 e. The van der Waals surface area contributed by atoms with Gasteiger partial charge in [-0.25, -0.2) is 17.6 Å². The molecule has 0 aliphatic carbocycles. The van der Waals surface area contributed by atoms with E-state index in [-0.39, 0.29) is 53.5 Å². The van der Waals surface area contributed by atoms with Gasteiger partial charge in [0.15, 0.2) is 6.10 Å². The first-order chi connectivity index (χ1) is 19.9. The second-order valence-electron chi connectivity index (χ2n) is 10.2. The summed E-state index contributed by atoms with van der Waals surface area (Å²) in [6.07, 6.45) is -0.693. The molecule has 11 heteroatoms. The van der Waals surface area contributed by atoms with Crippen molar-refractivity contribution in [2.75, 3.05) is 10.8 Å². The number of ketones is 1. The molecule has 4 rings (SSSR count). The molecular weight excluding hydrogens is 585 g/mol. The van der Waals surface area contributed by atoms with E-state index in [1.165, 1.54) is 22.5 Å². The molecule has 2 N–H and O–H groups in total. The van der Waals surface area contributed by atoms with Crippen LogP contribution in [0.4, 0.5) is 10.1 Å². The van der Waals surface area contributed by atoms with Gasteiger partial charge in [0.05, 0.1) is 22.2 Å². The van der Waals surface area contributed by atoms with Gasteiger partial charge in [-0.2, -0.15) is 0 Å². The molecule has 1 aliphatic heterocycles. The molecule has 1 heterocycles. The van der Waals surface area contributed by atoms with Gasteiger partial charge in [0, 0.05) is 18.4 Å². The molecule has 0 saturated heterocycles. The number of fused-ring (bicyclic) bond motifs is 1. The molecule has 8 nitrogen and oxygen atoms in total. The Kier molecular flexibility index (Phi) is 9.71. The molecule has 0 saturated carbocycles. The number of sulfonamides is 1. The molecular formula is C31H31ClFNO7S. The highest BCUT2D eigenvalue weighted by molar-refractivity contribution is 7.92. The highest BCUT2D eigenvalue weighted by atomic mass is 35.5. The van der Waals surface area contributed by atoms with Crippen molar-refractivity contribution in [3.8, 4) is 5.75 Å². The number of carbonyl (C=O) groups is 2. The van der Waals surface area contributed by atoms with Gasteiger partial charge in [0.1, 0.15) is 23.5 Å². The number of hydrogen-bond acceptors (Lipinski definition) is 6. The topological polar surface area (TPSA) is 121 Å². The highest BCUT2D eigenvalue weighted by Gasteiger charge is 2.35. The number of aliphatic hydroxyl groups is 1. The number of aliphatic hydroxyl groups excluding tert-OH is 1. The molecule has 42 heavy (non-hydrogen) atoms. The Morgan fingerprint density at radius 1 is 1.14 bits per heavy atom. The van der Waals surface area contributed by atoms with E-state index >= 15 is 0 Å². The Bertz CT molecular complexity index is 1620. The molecule has 0 fully saturated rings. The summed E-state index contributed by atoms with van der Waals surface area (Å²) in [5.74, 6) is -1.83. The fourth-order valence-corrected chi connectivity index (χ4v) is 6.68. The van der Waals surface area contributed by atoms with Gasteiger partial charge in [0.25, 0.3) is 10.0 Å². The lowest BCUT2D eigenvalue weighted by Gasteiger charge is -2.36. The number of benzene rings is 3. The summed E-state index contributed by atoms with van der Waals surface area (Å²) in [7, 11) is -4.04. The zero-order valence-corrected chi connectivity index (χ0v) is 24.7. The van der Waals surface area contributed by atoms with Crippen molar-refractivity contribution in [2.24, 2.45) is 0 Å². The second kappa shape index (κ2) is 13.1. The van der Waals surface area contributed by atoms with Gasteiger partial charge in [-0.1, -0.05) is 41.9 Å². The number of rotatable bonds is 11. The summed E-state index contributed by atoms with van der Waals surface area (Å²) in [6.45, 7) is 3.44. The van der Waals surface area contributed by atoms with Crippen molar-refractivity contribution < 1.29 is 37.3 Å². The van der Waals surface area contributed by atoms with Crippen LogP contribution in [0.3, 0.4) is 0 Å². The zero-order chi connectivity index (χ0) is 30.6. The number of Topliss-reactive ketones (excluding diaryl/α,β-unsaturated/α-hetero) is 1. The first-order valence-electron chi connectivity index (χ1n) is 13.3. The summed E-state index contributed by atoms with van der Waals surface area (Å²) < 4.78 is 49.7. The summed E-state index contributed by atoms with van der Waals surface area (Å²) in [5, 5.41) is 18.5. The van der Waals surface area contributed by atoms with Crippen LogP contribution in [0.2, 0.25) is 5.02 Å². The maximum atomic E-state index is 14.5. The number of nitrogens with zero attached hydrogens (tertiary/aromatic N) is 1. The van der Waals surface area contributed by atoms with Crippen LogP contribution in [0, 0.1) is 12.7 Å². The van der Waals surface area contributed by atoms with Crippen LogP contribution >= 0.6 is 11.6 Å². The maximum absolute atomic E-state index is 14.5. The van der Waals surface area contributed by atoms with Crippen molar-refractivity contribution in [1.82, 2.24) is 0 Å². The number of aliphatic carboxylic acids is 1. The van der Waals surface area contributed by atoms with Crippen LogP contribution in [0.25, 0.3) is 11.6 Å². The molecule has 222 valence electrons. The average molecular weight is 616 g/mol. The molecule has 0 amide bonds. The minimum atomic E-state index is -4.04. The first-order valence-corrected chi connectivity index (χ1v) is 15.1. The summed E-state index contributed by atoms with van der Waals surface area (Å²) in [5.41, 5.74) is 2.46. The monoisotopic (exact) mass is 615 g/mol. The number of hydrogen-bond donors (Lipinski definition) is 2. The highest BCUT2D eigenvalue weighted by Crippen LogP contribution is 2.39. The number of halogens is 2. The van der Waals surface area contributed by atoms with E-state index in [0.717, 1.165) is 5.56 Å². The Hall–Kier alpha value is -3.73. The fraction of sp³-hybridized carbons (Fsp3) is 0.290. The van der Waals surface area contributed by atoms with Gasteiger partial charge in [-0.3, -0.25) is 9.10 Å². The standard InChI is InChI=1S/C31H31ClFNO7S/c1-19-5-3-6-24(15-19)42(39,40)34-18-23(12-10-22(35)11-13-28(36)31(37)38)41-29-14-9-21(17-27(29)34)16-20(2)30-25(32)7-4-8-26(30)33/h3-9,14-17,23,28,36H,10-13,18H2,1-2H3,(H,37,38)/b20-16+/t23-,28-/m0/s1. The smallest absolute Gasteiger partial charge is 0.332 e. The normalized spacial score (nSPS) is 16.0. The molecule has 0 aromatic heterocycles. The lowest BCUT2D eigenvalue weighted by Crippen LogP contribution is -2.43. The largest absolute Gasteiger partial charge is 0.486 e. The van der Waals surface area contributed by atoms with Crippen molar-refractivity contribution in [2.45, 2.75) is 56.6 Å². The number of aryl methyl sites for hydroxylation is 1. The van der Waals surface area contributed by atoms with E-state index in [1.807, 2.05) is 0 Å². The van der Waals surface area contributed by atoms with Crippen molar-refractivity contribution in [3.63, 3.8) is 0 Å². The number of carboxylic acid groups (broad SMARTS) is 1. The Morgan fingerprint density at radius 2 is 1.88 bits per heavy atom. The predicted molar refractivity (Wildman–Crippen MR) is 159 cm³/mol. The second-order valence-corrected chi connectivity index (χ2v) is 12.5. The molecule has 3 aromatic rings. The van der Waals surface area contributed by atoms with E-state index < -0.39 is 34.0 Å². The first kappa shape index (κ1) is 31.2. The molecule has 0 unspecified atom stereocenters. The van der Waals surface area contributed by atoms with Gasteiger partial charge in [-0.05, 0) is 79.8 Å². The zero-order valence-electron chi connectivity index (χ0n) is 23.1. The molecule has 0 bridgehead atoms. The summed E-state index contributed by atoms with van der Waals surface area (Å²) in [4.78, 5) is 23.3. The van der Waals surface area contributed by atoms with E-state index in [2.05, 4.69) is 0 Å². The third-order valence-corrected chi connectivity index (χ3v) is 9.05. The number of carbonyl (C=O) groups excluding carboxylic acids is 1. The third-order valence-electron chi connectivity index (χ3n) is 6.96. The van der Waals surface area contributed by atoms with Crippen molar-refractivity contribution in [3.05, 3.63) is 88.2 Å². The lowest BCUT2D eigenvalue weighted by atomic mass is 10.0. The van der Waals surface area contributed by atoms with Gasteiger partial charge in [0.2, 0.25) is 0 Å². The van der Waals surface area contributed by atoms with Gasteiger partial charge >= 0.3 is 5.97 Å². The Labute approximate surface area is 249 Å². The number of allylic oxidation sites excluding steroid dienone is 1. The molecule has 3 aromatic carbocycles. The van der Waals surface area contributed by atoms with E-state index in [0.29, 0.717) is 22.6 Å². The minimum Gasteiger partial charge on any atom is -0.486 e. The average Bonchev–Trinajstić information content (AvgIpc) is 2.94. The summed E-state index contributed by atoms with van der Waals surface area (Å²) in [6, 6.07) is 16.0. The molecule has 0 spiro atoms. The van der Waals surface area contributed by atoms with E-state index in [1.54, 1.807) is 62.4 Å². The van der Waals surface area contributed by atoms with Gasteiger partial charge < -0.3 is 14.9 Å². The quantitative estimate of drug-likeness (QED) is 0.258. The van der Waals surface area contributed by atoms with Crippen LogP contribution in [0.1, 0.15) is 49.3 Å². The number of carboxylic acids is 1. The Morgan fingerprint density at radius 3 is 2.57 bits per heavy atom. The van der Waals surface area contributed by atoms with Crippen LogP contribution in [-0.4, -0.2) is 49.1 Å². The minimum absolute atomic E-state index is 0.0219. The Balaban J connectivity index is 1.65. The molecule has 1 aliphatic rings. The lowest BCUT2D eigenvalue weighted by molar-refractivity contribution is -0.147.